The Labute approximate surface area is 102 Å². The average Bonchev–Trinajstić information content (AvgIpc) is 2.37. The third-order valence-corrected chi connectivity index (χ3v) is 2.40. The highest BCUT2D eigenvalue weighted by Crippen LogP contribution is 2.10. The molecule has 0 aliphatic heterocycles. The molecule has 0 bridgehead atoms. The zero-order chi connectivity index (χ0) is 12.5. The second-order valence-corrected chi connectivity index (χ2v) is 3.64. The number of rotatable bonds is 7. The molecule has 4 nitrogen and oxygen atoms in total. The largest absolute Gasteiger partial charge is 0.460 e. The molecule has 1 N–H and O–H groups in total. The molecular weight excluding hydrogens is 218 g/mol. The van der Waals surface area contributed by atoms with Crippen LogP contribution in [0.1, 0.15) is 15.9 Å². The third-order valence-electron chi connectivity index (χ3n) is 2.40. The van der Waals surface area contributed by atoms with E-state index in [1.165, 1.54) is 0 Å². The maximum Gasteiger partial charge on any atom is 0.338 e. The number of ether oxygens (including phenoxy) is 2. The number of carbonyl (C=O) groups excluding carboxylic acids is 1. The summed E-state index contributed by atoms with van der Waals surface area (Å²) in [5.41, 5.74) is 1.64. The lowest BCUT2D eigenvalue weighted by atomic mass is 10.0. The van der Waals surface area contributed by atoms with Gasteiger partial charge in [0.15, 0.2) is 0 Å². The first-order valence-corrected chi connectivity index (χ1v) is 5.68. The van der Waals surface area contributed by atoms with Crippen LogP contribution >= 0.6 is 0 Å². The van der Waals surface area contributed by atoms with Crippen LogP contribution in [0.25, 0.3) is 0 Å². The molecule has 4 heteroatoms. The van der Waals surface area contributed by atoms with Gasteiger partial charge in [-0.2, -0.15) is 0 Å². The fraction of sp³-hybridized carbons (Fsp3) is 0.462. The summed E-state index contributed by atoms with van der Waals surface area (Å²) < 4.78 is 9.94. The minimum absolute atomic E-state index is 0.284. The first-order valence-electron chi connectivity index (χ1n) is 5.68. The summed E-state index contributed by atoms with van der Waals surface area (Å²) in [6.07, 6.45) is 0.812. The first-order chi connectivity index (χ1) is 8.29. The highest BCUT2D eigenvalue weighted by molar-refractivity contribution is 5.91. The van der Waals surface area contributed by atoms with Crippen LogP contribution < -0.4 is 5.32 Å². The monoisotopic (exact) mass is 237 g/mol. The highest BCUT2D eigenvalue weighted by atomic mass is 16.6. The van der Waals surface area contributed by atoms with Crippen molar-refractivity contribution in [1.29, 1.82) is 0 Å². The lowest BCUT2D eigenvalue weighted by Crippen LogP contribution is -2.15. The summed E-state index contributed by atoms with van der Waals surface area (Å²) in [7, 11) is 3.47. The second kappa shape index (κ2) is 7.81. The molecule has 0 radical (unpaired) electrons. The van der Waals surface area contributed by atoms with Crippen molar-refractivity contribution < 1.29 is 14.3 Å². The quantitative estimate of drug-likeness (QED) is 0.573. The third kappa shape index (κ3) is 4.54. The normalized spacial score (nSPS) is 10.2. The van der Waals surface area contributed by atoms with E-state index in [4.69, 9.17) is 9.47 Å². The van der Waals surface area contributed by atoms with Crippen LogP contribution in [0, 0.1) is 0 Å². The van der Waals surface area contributed by atoms with E-state index >= 15 is 0 Å². The smallest absolute Gasteiger partial charge is 0.338 e. The van der Waals surface area contributed by atoms with E-state index in [0.29, 0.717) is 12.2 Å². The van der Waals surface area contributed by atoms with E-state index in [1.54, 1.807) is 13.2 Å². The fourth-order valence-corrected chi connectivity index (χ4v) is 1.49. The van der Waals surface area contributed by atoms with Gasteiger partial charge < -0.3 is 14.8 Å². The molecule has 0 spiro atoms. The van der Waals surface area contributed by atoms with Crippen molar-refractivity contribution in [3.63, 3.8) is 0 Å². The summed E-state index contributed by atoms with van der Waals surface area (Å²) >= 11 is 0. The van der Waals surface area contributed by atoms with E-state index < -0.39 is 0 Å². The van der Waals surface area contributed by atoms with Crippen molar-refractivity contribution in [2.45, 2.75) is 6.42 Å². The van der Waals surface area contributed by atoms with Gasteiger partial charge in [-0.25, -0.2) is 4.79 Å². The number of carbonyl (C=O) groups is 1. The van der Waals surface area contributed by atoms with Crippen LogP contribution in [0.15, 0.2) is 24.3 Å². The molecule has 1 rings (SSSR count). The van der Waals surface area contributed by atoms with Gasteiger partial charge in [0.1, 0.15) is 6.61 Å². The van der Waals surface area contributed by atoms with Crippen LogP contribution in [-0.4, -0.2) is 39.9 Å². The molecule has 1 aromatic carbocycles. The van der Waals surface area contributed by atoms with Gasteiger partial charge in [0.25, 0.3) is 0 Å². The van der Waals surface area contributed by atoms with E-state index in [1.807, 2.05) is 25.2 Å². The number of hydrogen-bond donors (Lipinski definition) is 1. The van der Waals surface area contributed by atoms with Crippen molar-refractivity contribution in [1.82, 2.24) is 5.32 Å². The van der Waals surface area contributed by atoms with Gasteiger partial charge in [0.05, 0.1) is 12.2 Å². The first kappa shape index (κ1) is 13.7. The zero-order valence-corrected chi connectivity index (χ0v) is 10.4. The number of hydrogen-bond acceptors (Lipinski definition) is 4. The van der Waals surface area contributed by atoms with Crippen molar-refractivity contribution in [3.05, 3.63) is 35.4 Å². The molecule has 0 unspecified atom stereocenters. The standard InChI is InChI=1S/C13H19NO3/c1-14-8-7-11-5-3-4-6-12(11)13(15)17-10-9-16-2/h3-6,14H,7-10H2,1-2H3. The second-order valence-electron chi connectivity index (χ2n) is 3.64. The lowest BCUT2D eigenvalue weighted by molar-refractivity contribution is 0.0387. The van der Waals surface area contributed by atoms with Crippen molar-refractivity contribution in [2.75, 3.05) is 33.9 Å². The van der Waals surface area contributed by atoms with Crippen molar-refractivity contribution in [3.8, 4) is 0 Å². The average molecular weight is 237 g/mol. The Morgan fingerprint density at radius 1 is 1.29 bits per heavy atom. The maximum atomic E-state index is 11.8. The fourth-order valence-electron chi connectivity index (χ4n) is 1.49. The van der Waals surface area contributed by atoms with Gasteiger partial charge in [0, 0.05) is 7.11 Å². The Morgan fingerprint density at radius 2 is 2.06 bits per heavy atom. The number of likely N-dealkylation sites (N-methyl/N-ethyl adjacent to an activating group) is 1. The Kier molecular flexibility index (Phi) is 6.29. The Morgan fingerprint density at radius 3 is 2.76 bits per heavy atom. The summed E-state index contributed by atoms with van der Waals surface area (Å²) in [5.74, 6) is -0.284. The molecular formula is C13H19NO3. The predicted octanol–water partition coefficient (Wildman–Crippen LogP) is 1.25. The Hall–Kier alpha value is -1.39. The molecule has 1 aromatic rings. The van der Waals surface area contributed by atoms with Gasteiger partial charge in [-0.3, -0.25) is 0 Å². The lowest BCUT2D eigenvalue weighted by Gasteiger charge is -2.09. The molecule has 0 fully saturated rings. The molecule has 0 atom stereocenters. The van der Waals surface area contributed by atoms with E-state index in [-0.39, 0.29) is 12.6 Å². The van der Waals surface area contributed by atoms with Crippen LogP contribution in [0.4, 0.5) is 0 Å². The zero-order valence-electron chi connectivity index (χ0n) is 10.4. The predicted molar refractivity (Wildman–Crippen MR) is 66.2 cm³/mol. The summed E-state index contributed by atoms with van der Waals surface area (Å²) in [4.78, 5) is 11.8. The summed E-state index contributed by atoms with van der Waals surface area (Å²) in [5, 5.41) is 3.06. The van der Waals surface area contributed by atoms with Crippen LogP contribution in [0.3, 0.4) is 0 Å². The number of benzene rings is 1. The van der Waals surface area contributed by atoms with E-state index in [9.17, 15) is 4.79 Å². The molecule has 0 heterocycles. The van der Waals surface area contributed by atoms with Gasteiger partial charge >= 0.3 is 5.97 Å². The highest BCUT2D eigenvalue weighted by Gasteiger charge is 2.11. The van der Waals surface area contributed by atoms with E-state index in [2.05, 4.69) is 5.32 Å². The Balaban J connectivity index is 2.64. The summed E-state index contributed by atoms with van der Waals surface area (Å²) in [6.45, 7) is 1.54. The molecule has 94 valence electrons. The molecule has 0 amide bonds. The number of methoxy groups -OCH3 is 1. The molecule has 0 aromatic heterocycles. The molecule has 0 aliphatic rings. The van der Waals surface area contributed by atoms with Gasteiger partial charge in [0.2, 0.25) is 0 Å². The van der Waals surface area contributed by atoms with Gasteiger partial charge in [-0.15, -0.1) is 0 Å². The Bertz CT molecular complexity index is 352. The molecule has 0 saturated heterocycles. The van der Waals surface area contributed by atoms with Crippen molar-refractivity contribution in [2.24, 2.45) is 0 Å². The SMILES string of the molecule is CNCCc1ccccc1C(=O)OCCOC. The van der Waals surface area contributed by atoms with Crippen LogP contribution in [0.5, 0.6) is 0 Å². The minimum Gasteiger partial charge on any atom is -0.460 e. The van der Waals surface area contributed by atoms with Crippen LogP contribution in [0.2, 0.25) is 0 Å². The van der Waals surface area contributed by atoms with Gasteiger partial charge in [-0.05, 0) is 31.6 Å². The molecule has 0 saturated carbocycles. The van der Waals surface area contributed by atoms with Crippen LogP contribution in [-0.2, 0) is 15.9 Å². The van der Waals surface area contributed by atoms with Crippen molar-refractivity contribution >= 4 is 5.97 Å². The maximum absolute atomic E-state index is 11.8. The number of nitrogens with one attached hydrogen (secondary N) is 1. The molecule has 17 heavy (non-hydrogen) atoms. The summed E-state index contributed by atoms with van der Waals surface area (Å²) in [6, 6.07) is 7.51. The minimum atomic E-state index is -0.284. The van der Waals surface area contributed by atoms with Gasteiger partial charge in [-0.1, -0.05) is 18.2 Å². The van der Waals surface area contributed by atoms with E-state index in [0.717, 1.165) is 18.5 Å². The molecule has 0 aliphatic carbocycles. The number of esters is 1. The topological polar surface area (TPSA) is 47.6 Å².